The standard InChI is InChI=1S/C21H25BrN4O4/c1-14-11-16(15(2)30-14)21(29)26-9-7-25(8-10-26)13-20(28)23-12-19(27)24-18-6-4-3-5-17(18)22/h3-6,11H,7-10,12-13H2,1-2H3,(H,23,28)(H,24,27). The molecule has 30 heavy (non-hydrogen) atoms. The summed E-state index contributed by atoms with van der Waals surface area (Å²) >= 11 is 3.36. The zero-order chi connectivity index (χ0) is 21.7. The molecule has 0 aliphatic carbocycles. The normalized spacial score (nSPS) is 14.4. The summed E-state index contributed by atoms with van der Waals surface area (Å²) in [5, 5.41) is 5.38. The molecule has 1 aliphatic heterocycles. The minimum atomic E-state index is -0.295. The Hall–Kier alpha value is -2.65. The average molecular weight is 477 g/mol. The number of carbonyl (C=O) groups is 3. The summed E-state index contributed by atoms with van der Waals surface area (Å²) in [6, 6.07) is 9.03. The maximum atomic E-state index is 12.6. The fourth-order valence-corrected chi connectivity index (χ4v) is 3.70. The molecule has 0 spiro atoms. The highest BCUT2D eigenvalue weighted by atomic mass is 79.9. The second-order valence-corrected chi connectivity index (χ2v) is 8.05. The van der Waals surface area contributed by atoms with Crippen LogP contribution in [0, 0.1) is 13.8 Å². The fraction of sp³-hybridized carbons (Fsp3) is 0.381. The minimum absolute atomic E-state index is 0.0443. The number of anilines is 1. The number of benzene rings is 1. The van der Waals surface area contributed by atoms with Crippen molar-refractivity contribution in [1.29, 1.82) is 0 Å². The van der Waals surface area contributed by atoms with Crippen LogP contribution in [0.25, 0.3) is 0 Å². The van der Waals surface area contributed by atoms with Gasteiger partial charge in [0.15, 0.2) is 0 Å². The van der Waals surface area contributed by atoms with Crippen LogP contribution in [0.4, 0.5) is 5.69 Å². The number of hydrogen-bond donors (Lipinski definition) is 2. The largest absolute Gasteiger partial charge is 0.466 e. The van der Waals surface area contributed by atoms with E-state index in [2.05, 4.69) is 26.6 Å². The van der Waals surface area contributed by atoms with E-state index in [0.29, 0.717) is 43.2 Å². The first-order valence-electron chi connectivity index (χ1n) is 9.73. The van der Waals surface area contributed by atoms with E-state index >= 15 is 0 Å². The van der Waals surface area contributed by atoms with Gasteiger partial charge in [0, 0.05) is 30.7 Å². The molecule has 0 unspecified atom stereocenters. The Kier molecular flexibility index (Phi) is 7.28. The van der Waals surface area contributed by atoms with Gasteiger partial charge in [-0.15, -0.1) is 0 Å². The molecule has 0 bridgehead atoms. The van der Waals surface area contributed by atoms with Crippen molar-refractivity contribution in [1.82, 2.24) is 15.1 Å². The number of furan rings is 1. The summed E-state index contributed by atoms with van der Waals surface area (Å²) in [6.07, 6.45) is 0. The number of piperazine rings is 1. The highest BCUT2D eigenvalue weighted by Crippen LogP contribution is 2.21. The smallest absolute Gasteiger partial charge is 0.257 e. The van der Waals surface area contributed by atoms with Gasteiger partial charge in [-0.05, 0) is 48.0 Å². The number of nitrogens with one attached hydrogen (secondary N) is 2. The third-order valence-electron chi connectivity index (χ3n) is 4.89. The van der Waals surface area contributed by atoms with Crippen molar-refractivity contribution in [2.45, 2.75) is 13.8 Å². The fourth-order valence-electron chi connectivity index (χ4n) is 3.32. The van der Waals surface area contributed by atoms with E-state index in [1.54, 1.807) is 24.0 Å². The quantitative estimate of drug-likeness (QED) is 0.665. The molecule has 2 heterocycles. The zero-order valence-corrected chi connectivity index (χ0v) is 18.6. The van der Waals surface area contributed by atoms with Crippen molar-refractivity contribution < 1.29 is 18.8 Å². The highest BCUT2D eigenvalue weighted by molar-refractivity contribution is 9.10. The van der Waals surface area contributed by atoms with Crippen LogP contribution in [0.15, 0.2) is 39.2 Å². The minimum Gasteiger partial charge on any atom is -0.466 e. The van der Waals surface area contributed by atoms with Gasteiger partial charge < -0.3 is 20.0 Å². The van der Waals surface area contributed by atoms with E-state index in [0.717, 1.165) is 10.2 Å². The maximum Gasteiger partial charge on any atom is 0.257 e. The molecule has 1 aromatic heterocycles. The van der Waals surface area contributed by atoms with Crippen LogP contribution in [0.1, 0.15) is 21.9 Å². The lowest BCUT2D eigenvalue weighted by molar-refractivity contribution is -0.125. The lowest BCUT2D eigenvalue weighted by atomic mass is 10.2. The third kappa shape index (κ3) is 5.70. The Morgan fingerprint density at radius 3 is 2.40 bits per heavy atom. The molecule has 1 aromatic carbocycles. The molecule has 8 nitrogen and oxygen atoms in total. The summed E-state index contributed by atoms with van der Waals surface area (Å²) < 4.78 is 6.22. The molecule has 3 rings (SSSR count). The van der Waals surface area contributed by atoms with E-state index in [-0.39, 0.29) is 30.8 Å². The molecular weight excluding hydrogens is 452 g/mol. The lowest BCUT2D eigenvalue weighted by Gasteiger charge is -2.34. The third-order valence-corrected chi connectivity index (χ3v) is 5.58. The summed E-state index contributed by atoms with van der Waals surface area (Å²) in [6.45, 7) is 5.96. The number of para-hydroxylation sites is 1. The van der Waals surface area contributed by atoms with E-state index in [1.807, 2.05) is 30.0 Å². The van der Waals surface area contributed by atoms with Crippen molar-refractivity contribution in [3.05, 3.63) is 51.9 Å². The highest BCUT2D eigenvalue weighted by Gasteiger charge is 2.25. The number of nitrogens with zero attached hydrogens (tertiary/aromatic N) is 2. The van der Waals surface area contributed by atoms with E-state index in [9.17, 15) is 14.4 Å². The SMILES string of the molecule is Cc1cc(C(=O)N2CCN(CC(=O)NCC(=O)Nc3ccccc3Br)CC2)c(C)o1. The Morgan fingerprint density at radius 2 is 1.77 bits per heavy atom. The van der Waals surface area contributed by atoms with Gasteiger partial charge in [-0.25, -0.2) is 0 Å². The maximum absolute atomic E-state index is 12.6. The molecule has 9 heteroatoms. The topological polar surface area (TPSA) is 94.9 Å². The van der Waals surface area contributed by atoms with Crippen molar-refractivity contribution in [2.75, 3.05) is 44.6 Å². The van der Waals surface area contributed by atoms with Gasteiger partial charge in [0.05, 0.1) is 24.3 Å². The number of rotatable bonds is 6. The average Bonchev–Trinajstić information content (AvgIpc) is 3.06. The monoisotopic (exact) mass is 476 g/mol. The number of carbonyl (C=O) groups excluding carboxylic acids is 3. The molecule has 1 saturated heterocycles. The van der Waals surface area contributed by atoms with Crippen LogP contribution in [0.3, 0.4) is 0 Å². The molecule has 2 N–H and O–H groups in total. The van der Waals surface area contributed by atoms with Crippen molar-refractivity contribution in [3.8, 4) is 0 Å². The summed E-state index contributed by atoms with van der Waals surface area (Å²) in [5.41, 5.74) is 1.25. The van der Waals surface area contributed by atoms with Gasteiger partial charge in [-0.1, -0.05) is 12.1 Å². The molecule has 1 aliphatic rings. The number of hydrogen-bond acceptors (Lipinski definition) is 5. The van der Waals surface area contributed by atoms with E-state index in [4.69, 9.17) is 4.42 Å². The van der Waals surface area contributed by atoms with Crippen molar-refractivity contribution in [3.63, 3.8) is 0 Å². The molecule has 2 aromatic rings. The molecule has 3 amide bonds. The summed E-state index contributed by atoms with van der Waals surface area (Å²) in [5.74, 6) is 0.780. The Bertz CT molecular complexity index is 935. The Balaban J connectivity index is 1.40. The van der Waals surface area contributed by atoms with Crippen molar-refractivity contribution >= 4 is 39.3 Å². The number of aryl methyl sites for hydroxylation is 2. The summed E-state index contributed by atoms with van der Waals surface area (Å²) in [7, 11) is 0. The van der Waals surface area contributed by atoms with Gasteiger partial charge in [-0.2, -0.15) is 0 Å². The number of halogens is 1. The van der Waals surface area contributed by atoms with Crippen LogP contribution < -0.4 is 10.6 Å². The second kappa shape index (κ2) is 9.90. The molecule has 160 valence electrons. The predicted octanol–water partition coefficient (Wildman–Crippen LogP) is 2.17. The second-order valence-electron chi connectivity index (χ2n) is 7.20. The summed E-state index contributed by atoms with van der Waals surface area (Å²) in [4.78, 5) is 40.6. The van der Waals surface area contributed by atoms with Gasteiger partial charge in [-0.3, -0.25) is 19.3 Å². The van der Waals surface area contributed by atoms with Crippen LogP contribution in [0.2, 0.25) is 0 Å². The van der Waals surface area contributed by atoms with Gasteiger partial charge in [0.2, 0.25) is 11.8 Å². The zero-order valence-electron chi connectivity index (χ0n) is 17.0. The van der Waals surface area contributed by atoms with Gasteiger partial charge in [0.1, 0.15) is 11.5 Å². The first kappa shape index (κ1) is 22.0. The van der Waals surface area contributed by atoms with E-state index in [1.165, 1.54) is 0 Å². The van der Waals surface area contributed by atoms with Crippen LogP contribution in [-0.4, -0.2) is 66.8 Å². The first-order valence-corrected chi connectivity index (χ1v) is 10.5. The number of amides is 3. The molecule has 1 fully saturated rings. The molecule has 0 radical (unpaired) electrons. The first-order chi connectivity index (χ1) is 14.3. The molecule has 0 atom stereocenters. The predicted molar refractivity (Wildman–Crippen MR) is 116 cm³/mol. The van der Waals surface area contributed by atoms with Crippen LogP contribution in [0.5, 0.6) is 0 Å². The van der Waals surface area contributed by atoms with E-state index < -0.39 is 0 Å². The Labute approximate surface area is 183 Å². The van der Waals surface area contributed by atoms with Gasteiger partial charge >= 0.3 is 0 Å². The molecular formula is C21H25BrN4O4. The molecule has 0 saturated carbocycles. The van der Waals surface area contributed by atoms with Crippen LogP contribution in [-0.2, 0) is 9.59 Å². The lowest BCUT2D eigenvalue weighted by Crippen LogP contribution is -2.51. The van der Waals surface area contributed by atoms with Crippen LogP contribution >= 0.6 is 15.9 Å². The Morgan fingerprint density at radius 1 is 1.07 bits per heavy atom. The van der Waals surface area contributed by atoms with Gasteiger partial charge in [0.25, 0.3) is 5.91 Å². The van der Waals surface area contributed by atoms with Crippen molar-refractivity contribution in [2.24, 2.45) is 0 Å².